The zero-order valence-corrected chi connectivity index (χ0v) is 10.8. The van der Waals surface area contributed by atoms with E-state index in [2.05, 4.69) is 27.5 Å². The smallest absolute Gasteiger partial charge is 0.0890 e. The first-order valence-corrected chi connectivity index (χ1v) is 6.52. The van der Waals surface area contributed by atoms with Crippen LogP contribution in [0.25, 0.3) is 11.0 Å². The van der Waals surface area contributed by atoms with Crippen LogP contribution in [0.5, 0.6) is 0 Å². The van der Waals surface area contributed by atoms with Crippen molar-refractivity contribution in [2.24, 2.45) is 0 Å². The van der Waals surface area contributed by atoms with Crippen LogP contribution < -0.4 is 10.6 Å². The maximum absolute atomic E-state index is 4.57. The highest BCUT2D eigenvalue weighted by atomic mass is 14.9. The highest BCUT2D eigenvalue weighted by Gasteiger charge is 1.98. The van der Waals surface area contributed by atoms with Crippen molar-refractivity contribution in [3.05, 3.63) is 36.2 Å². The van der Waals surface area contributed by atoms with Crippen molar-refractivity contribution in [3.63, 3.8) is 0 Å². The molecule has 0 atom stereocenters. The van der Waals surface area contributed by atoms with Crippen LogP contribution in [0.15, 0.2) is 30.5 Å². The van der Waals surface area contributed by atoms with Crippen molar-refractivity contribution in [2.75, 3.05) is 19.6 Å². The number of nitrogens with one attached hydrogen (secondary N) is 2. The summed E-state index contributed by atoms with van der Waals surface area (Å²) in [4.78, 5) is 8.96. The molecule has 2 N–H and O–H groups in total. The number of aromatic nitrogens is 2. The minimum atomic E-state index is 0.782. The molecule has 0 saturated heterocycles. The molecule has 1 aromatic heterocycles. The molecule has 18 heavy (non-hydrogen) atoms. The number of nitrogens with zero attached hydrogens (tertiary/aromatic N) is 2. The van der Waals surface area contributed by atoms with Crippen LogP contribution in [-0.2, 0) is 6.54 Å². The van der Waals surface area contributed by atoms with E-state index in [9.17, 15) is 0 Å². The third-order valence-corrected chi connectivity index (χ3v) is 2.76. The first-order chi connectivity index (χ1) is 8.90. The lowest BCUT2D eigenvalue weighted by molar-refractivity contribution is 0.601. The lowest BCUT2D eigenvalue weighted by Crippen LogP contribution is -2.21. The number of hydrogen-bond donors (Lipinski definition) is 2. The average molecular weight is 244 g/mol. The second-order valence-electron chi connectivity index (χ2n) is 4.23. The molecule has 1 aromatic carbocycles. The molecule has 0 amide bonds. The van der Waals surface area contributed by atoms with Gasteiger partial charge in [0.25, 0.3) is 0 Å². The molecule has 4 nitrogen and oxygen atoms in total. The van der Waals surface area contributed by atoms with Gasteiger partial charge in [-0.3, -0.25) is 4.98 Å². The van der Waals surface area contributed by atoms with Crippen LogP contribution in [0.1, 0.15) is 19.0 Å². The summed E-state index contributed by atoms with van der Waals surface area (Å²) in [5.41, 5.74) is 2.91. The lowest BCUT2D eigenvalue weighted by atomic mass is 10.3. The van der Waals surface area contributed by atoms with Gasteiger partial charge in [0, 0.05) is 6.54 Å². The number of hydrogen-bond acceptors (Lipinski definition) is 4. The van der Waals surface area contributed by atoms with Gasteiger partial charge in [-0.1, -0.05) is 19.1 Å². The molecule has 4 heteroatoms. The van der Waals surface area contributed by atoms with Gasteiger partial charge >= 0.3 is 0 Å². The summed E-state index contributed by atoms with van der Waals surface area (Å²) >= 11 is 0. The Kier molecular flexibility index (Phi) is 5.05. The molecule has 1 heterocycles. The second kappa shape index (κ2) is 7.03. The van der Waals surface area contributed by atoms with Crippen LogP contribution in [0.2, 0.25) is 0 Å². The monoisotopic (exact) mass is 244 g/mol. The molecule has 0 bridgehead atoms. The molecule has 0 saturated carbocycles. The Balaban J connectivity index is 1.81. The first kappa shape index (κ1) is 12.9. The van der Waals surface area contributed by atoms with Crippen LogP contribution >= 0.6 is 0 Å². The van der Waals surface area contributed by atoms with Gasteiger partial charge in [0.2, 0.25) is 0 Å². The molecule has 0 aliphatic rings. The molecule has 96 valence electrons. The van der Waals surface area contributed by atoms with Crippen molar-refractivity contribution < 1.29 is 0 Å². The summed E-state index contributed by atoms with van der Waals surface area (Å²) in [6.07, 6.45) is 2.98. The Hall–Kier alpha value is -1.52. The molecule has 0 radical (unpaired) electrons. The van der Waals surface area contributed by atoms with Crippen LogP contribution in [0.3, 0.4) is 0 Å². The SMILES string of the molecule is CCNCCCNCc1cnc2ccccc2n1. The largest absolute Gasteiger partial charge is 0.317 e. The third kappa shape index (κ3) is 3.75. The normalized spacial score (nSPS) is 10.9. The fourth-order valence-electron chi connectivity index (χ4n) is 1.81. The van der Waals surface area contributed by atoms with Gasteiger partial charge in [-0.2, -0.15) is 0 Å². The second-order valence-corrected chi connectivity index (χ2v) is 4.23. The van der Waals surface area contributed by atoms with Crippen molar-refractivity contribution in [1.29, 1.82) is 0 Å². The van der Waals surface area contributed by atoms with E-state index in [1.807, 2.05) is 30.5 Å². The molecule has 0 fully saturated rings. The van der Waals surface area contributed by atoms with Crippen molar-refractivity contribution in [2.45, 2.75) is 19.9 Å². The Labute approximate surface area is 108 Å². The van der Waals surface area contributed by atoms with Crippen molar-refractivity contribution in [3.8, 4) is 0 Å². The Bertz CT molecular complexity index is 484. The van der Waals surface area contributed by atoms with Gasteiger partial charge in [-0.25, -0.2) is 4.98 Å². The third-order valence-electron chi connectivity index (χ3n) is 2.76. The topological polar surface area (TPSA) is 49.8 Å². The van der Waals surface area contributed by atoms with Gasteiger partial charge < -0.3 is 10.6 Å². The van der Waals surface area contributed by atoms with Gasteiger partial charge in [-0.05, 0) is 38.2 Å². The summed E-state index contributed by atoms with van der Waals surface area (Å²) in [6.45, 7) is 6.01. The van der Waals surface area contributed by atoms with Gasteiger partial charge in [0.05, 0.1) is 22.9 Å². The van der Waals surface area contributed by atoms with Crippen LogP contribution in [-0.4, -0.2) is 29.6 Å². The molecular weight excluding hydrogens is 224 g/mol. The van der Waals surface area contributed by atoms with E-state index < -0.39 is 0 Å². The fraction of sp³-hybridized carbons (Fsp3) is 0.429. The zero-order valence-electron chi connectivity index (χ0n) is 10.8. The first-order valence-electron chi connectivity index (χ1n) is 6.52. The molecule has 2 aromatic rings. The van der Waals surface area contributed by atoms with Gasteiger partial charge in [0.15, 0.2) is 0 Å². The van der Waals surface area contributed by atoms with E-state index in [-0.39, 0.29) is 0 Å². The lowest BCUT2D eigenvalue weighted by Gasteiger charge is -2.05. The molecular formula is C14H20N4. The Morgan fingerprint density at radius 2 is 1.83 bits per heavy atom. The minimum Gasteiger partial charge on any atom is -0.317 e. The molecule has 0 aliphatic carbocycles. The number of fused-ring (bicyclic) bond motifs is 1. The maximum atomic E-state index is 4.57. The van der Waals surface area contributed by atoms with E-state index in [1.165, 1.54) is 0 Å². The van der Waals surface area contributed by atoms with Gasteiger partial charge in [-0.15, -0.1) is 0 Å². The van der Waals surface area contributed by atoms with E-state index in [1.54, 1.807) is 0 Å². The van der Waals surface area contributed by atoms with Crippen LogP contribution in [0, 0.1) is 0 Å². The summed E-state index contributed by atoms with van der Waals surface area (Å²) in [5, 5.41) is 6.69. The van der Waals surface area contributed by atoms with Crippen LogP contribution in [0.4, 0.5) is 0 Å². The van der Waals surface area contributed by atoms with Crippen molar-refractivity contribution in [1.82, 2.24) is 20.6 Å². The zero-order chi connectivity index (χ0) is 12.6. The predicted octanol–water partition coefficient (Wildman–Crippen LogP) is 1.72. The van der Waals surface area contributed by atoms with E-state index in [4.69, 9.17) is 0 Å². The predicted molar refractivity (Wildman–Crippen MR) is 74.4 cm³/mol. The molecule has 2 rings (SSSR count). The maximum Gasteiger partial charge on any atom is 0.0890 e. The van der Waals surface area contributed by atoms with Gasteiger partial charge in [0.1, 0.15) is 0 Å². The number of rotatable bonds is 7. The van der Waals surface area contributed by atoms with E-state index >= 15 is 0 Å². The molecule has 0 spiro atoms. The quantitative estimate of drug-likeness (QED) is 0.728. The highest BCUT2D eigenvalue weighted by Crippen LogP contribution is 2.07. The van der Waals surface area contributed by atoms with E-state index in [0.29, 0.717) is 0 Å². The van der Waals surface area contributed by atoms with Crippen molar-refractivity contribution >= 4 is 11.0 Å². The number of benzene rings is 1. The Morgan fingerprint density at radius 3 is 2.67 bits per heavy atom. The van der Waals surface area contributed by atoms with E-state index in [0.717, 1.165) is 49.3 Å². The highest BCUT2D eigenvalue weighted by molar-refractivity contribution is 5.73. The number of para-hydroxylation sites is 2. The summed E-state index contributed by atoms with van der Waals surface area (Å²) < 4.78 is 0. The average Bonchev–Trinajstić information content (AvgIpc) is 2.42. The fourth-order valence-corrected chi connectivity index (χ4v) is 1.81. The Morgan fingerprint density at radius 1 is 1.06 bits per heavy atom. The molecule has 0 unspecified atom stereocenters. The summed E-state index contributed by atoms with van der Waals surface area (Å²) in [7, 11) is 0. The summed E-state index contributed by atoms with van der Waals surface area (Å²) in [6, 6.07) is 7.95. The molecule has 0 aliphatic heterocycles. The minimum absolute atomic E-state index is 0.782. The standard InChI is InChI=1S/C14H20N4/c1-2-15-8-5-9-16-10-12-11-17-13-6-3-4-7-14(13)18-12/h3-4,6-7,11,15-16H,2,5,8-10H2,1H3. The summed E-state index contributed by atoms with van der Waals surface area (Å²) in [5.74, 6) is 0.